The lowest BCUT2D eigenvalue weighted by Crippen LogP contribution is -2.32. The molecule has 0 saturated carbocycles. The zero-order valence-electron chi connectivity index (χ0n) is 29.9. The molecule has 2 unspecified atom stereocenters. The van der Waals surface area contributed by atoms with Gasteiger partial charge in [-0.2, -0.15) is 0 Å². The second-order valence-electron chi connectivity index (χ2n) is 14.5. The Labute approximate surface area is 298 Å². The summed E-state index contributed by atoms with van der Waals surface area (Å²) in [6.45, 7) is 8.32. The van der Waals surface area contributed by atoms with Gasteiger partial charge in [-0.05, 0) is 162 Å². The van der Waals surface area contributed by atoms with Gasteiger partial charge in [-0.25, -0.2) is 0 Å². The first-order chi connectivity index (χ1) is 24.6. The Morgan fingerprint density at radius 2 is 1.62 bits per heavy atom. The van der Waals surface area contributed by atoms with Crippen LogP contribution in [0, 0.1) is 5.92 Å². The van der Waals surface area contributed by atoms with Crippen molar-refractivity contribution in [3.8, 4) is 22.3 Å². The lowest BCUT2D eigenvalue weighted by atomic mass is 9.76. The van der Waals surface area contributed by atoms with Gasteiger partial charge in [-0.15, -0.1) is 0 Å². The van der Waals surface area contributed by atoms with E-state index in [1.165, 1.54) is 66.4 Å². The number of ether oxygens (including phenoxy) is 1. The van der Waals surface area contributed by atoms with E-state index in [-0.39, 0.29) is 6.04 Å². The minimum atomic E-state index is 0.183. The van der Waals surface area contributed by atoms with Crippen LogP contribution in [0.1, 0.15) is 76.0 Å². The highest BCUT2D eigenvalue weighted by Crippen LogP contribution is 2.41. The van der Waals surface area contributed by atoms with Gasteiger partial charge in [0.2, 0.25) is 0 Å². The Morgan fingerprint density at radius 3 is 2.46 bits per heavy atom. The molecule has 2 aliphatic carbocycles. The van der Waals surface area contributed by atoms with Crippen molar-refractivity contribution < 1.29 is 4.74 Å². The minimum Gasteiger partial charge on any atom is -0.492 e. The molecule has 0 saturated heterocycles. The van der Waals surface area contributed by atoms with Crippen molar-refractivity contribution in [2.24, 2.45) is 5.92 Å². The van der Waals surface area contributed by atoms with Gasteiger partial charge in [0.15, 0.2) is 0 Å². The summed E-state index contributed by atoms with van der Waals surface area (Å²) in [5.41, 5.74) is 16.4. The van der Waals surface area contributed by atoms with Gasteiger partial charge in [-0.1, -0.05) is 97.0 Å². The molecule has 4 aromatic carbocycles. The molecular weight excluding hydrogens is 607 g/mol. The fourth-order valence-electron chi connectivity index (χ4n) is 8.73. The van der Waals surface area contributed by atoms with E-state index in [2.05, 4.69) is 141 Å². The van der Waals surface area contributed by atoms with E-state index in [9.17, 15) is 0 Å². The summed E-state index contributed by atoms with van der Waals surface area (Å²) in [5, 5.41) is 6.51. The van der Waals surface area contributed by atoms with Gasteiger partial charge in [0.1, 0.15) is 12.4 Å². The number of hydrogen-bond acceptors (Lipinski definition) is 2. The Morgan fingerprint density at radius 1 is 0.820 bits per heavy atom. The molecule has 4 aromatic rings. The number of benzene rings is 4. The van der Waals surface area contributed by atoms with Crippen LogP contribution in [0.2, 0.25) is 0 Å². The quantitative estimate of drug-likeness (QED) is 0.216. The smallest absolute Gasteiger partial charge is 0.113 e. The summed E-state index contributed by atoms with van der Waals surface area (Å²) in [4.78, 5) is 0. The van der Waals surface area contributed by atoms with Crippen molar-refractivity contribution in [3.63, 3.8) is 0 Å². The first-order valence-corrected chi connectivity index (χ1v) is 18.8. The third-order valence-corrected chi connectivity index (χ3v) is 11.5. The number of rotatable bonds is 5. The normalized spacial score (nSPS) is 20.9. The molecule has 0 amide bonds. The lowest BCUT2D eigenvalue weighted by molar-refractivity contribution is 0.205. The molecule has 4 aliphatic rings. The standard InChI is InChI=1S/C48H49NO/c1-4-33(5-2)45-22-23-46-47(50-31-41-16-10-11-32(3)48(41)45)24-21-40(30-49-46)44-28-42(38-19-17-34-12-6-8-14-36(34)25-38)27-43(29-44)39-20-18-35-13-7-9-15-37(35)26-39/h4,6,8-9,11-12,14-15,17-21,24-29,45-46,49H,5,7,10,13,16,22-23,30-31H2,1-3H3/b33-4-. The van der Waals surface area contributed by atoms with Gasteiger partial charge in [-0.3, -0.25) is 0 Å². The highest BCUT2D eigenvalue weighted by Gasteiger charge is 2.29. The average Bonchev–Trinajstić information content (AvgIpc) is 3.33. The Hall–Kier alpha value is -4.66. The third-order valence-electron chi connectivity index (χ3n) is 11.5. The maximum Gasteiger partial charge on any atom is 0.113 e. The van der Waals surface area contributed by atoms with E-state index < -0.39 is 0 Å². The SMILES string of the molecule is C/C=C(/CC)C1CCC2NCC(c3cc(-c4ccc5c(c4)C=CCC5)cc(-c4ccc5ccccc5c4)c3)=CC=C2OCC2=C1C(C)=CCC2. The highest BCUT2D eigenvalue weighted by molar-refractivity contribution is 5.89. The first-order valence-electron chi connectivity index (χ1n) is 18.8. The fourth-order valence-corrected chi connectivity index (χ4v) is 8.73. The average molecular weight is 656 g/mol. The van der Waals surface area contributed by atoms with Gasteiger partial charge >= 0.3 is 0 Å². The van der Waals surface area contributed by atoms with Crippen LogP contribution in [0.15, 0.2) is 137 Å². The minimum absolute atomic E-state index is 0.183. The number of nitrogens with one attached hydrogen (secondary N) is 1. The molecule has 0 spiro atoms. The Balaban J connectivity index is 1.17. The van der Waals surface area contributed by atoms with Crippen molar-refractivity contribution in [2.75, 3.05) is 13.2 Å². The van der Waals surface area contributed by atoms with Crippen LogP contribution in [-0.2, 0) is 11.2 Å². The summed E-state index contributed by atoms with van der Waals surface area (Å²) in [6.07, 6.45) is 21.7. The van der Waals surface area contributed by atoms with Crippen LogP contribution in [0.3, 0.4) is 0 Å². The van der Waals surface area contributed by atoms with Crippen LogP contribution in [0.4, 0.5) is 0 Å². The number of hydrogen-bond donors (Lipinski definition) is 1. The summed E-state index contributed by atoms with van der Waals surface area (Å²) in [5.74, 6) is 1.54. The van der Waals surface area contributed by atoms with Crippen molar-refractivity contribution in [2.45, 2.75) is 71.8 Å². The molecule has 0 radical (unpaired) electrons. The second kappa shape index (κ2) is 14.3. The highest BCUT2D eigenvalue weighted by atomic mass is 16.5. The zero-order valence-corrected chi connectivity index (χ0v) is 29.9. The van der Waals surface area contributed by atoms with E-state index in [0.717, 1.165) is 57.2 Å². The summed E-state index contributed by atoms with van der Waals surface area (Å²) < 4.78 is 6.77. The maximum atomic E-state index is 6.77. The van der Waals surface area contributed by atoms with Crippen LogP contribution >= 0.6 is 0 Å². The lowest BCUT2D eigenvalue weighted by Gasteiger charge is -2.29. The van der Waals surface area contributed by atoms with E-state index in [0.29, 0.717) is 12.5 Å². The van der Waals surface area contributed by atoms with Crippen molar-refractivity contribution >= 4 is 22.4 Å². The predicted octanol–water partition coefficient (Wildman–Crippen LogP) is 12.2. The monoisotopic (exact) mass is 655 g/mol. The second-order valence-corrected chi connectivity index (χ2v) is 14.5. The first kappa shape index (κ1) is 32.5. The van der Waals surface area contributed by atoms with Gasteiger partial charge in [0.25, 0.3) is 0 Å². The van der Waals surface area contributed by atoms with Crippen LogP contribution in [0.5, 0.6) is 0 Å². The van der Waals surface area contributed by atoms with Crippen LogP contribution in [-0.4, -0.2) is 19.2 Å². The zero-order chi connectivity index (χ0) is 34.0. The summed E-state index contributed by atoms with van der Waals surface area (Å²) >= 11 is 0. The van der Waals surface area contributed by atoms with E-state index in [1.807, 2.05) is 0 Å². The molecule has 0 bridgehead atoms. The largest absolute Gasteiger partial charge is 0.492 e. The molecule has 252 valence electrons. The van der Waals surface area contributed by atoms with E-state index in [4.69, 9.17) is 4.74 Å². The molecule has 8 rings (SSSR count). The predicted molar refractivity (Wildman–Crippen MR) is 213 cm³/mol. The molecule has 2 heteroatoms. The van der Waals surface area contributed by atoms with Crippen molar-refractivity contribution in [3.05, 3.63) is 154 Å². The van der Waals surface area contributed by atoms with Gasteiger partial charge < -0.3 is 10.1 Å². The number of allylic oxidation sites excluding steroid dienone is 8. The molecule has 0 aromatic heterocycles. The fraction of sp³-hybridized carbons (Fsp3) is 0.292. The van der Waals surface area contributed by atoms with Crippen LogP contribution < -0.4 is 5.32 Å². The molecule has 2 heterocycles. The van der Waals surface area contributed by atoms with Gasteiger partial charge in [0.05, 0.1) is 6.04 Å². The number of fused-ring (bicyclic) bond motifs is 3. The van der Waals surface area contributed by atoms with Crippen molar-refractivity contribution in [1.82, 2.24) is 5.32 Å². The topological polar surface area (TPSA) is 21.3 Å². The summed E-state index contributed by atoms with van der Waals surface area (Å²) in [7, 11) is 0. The maximum absolute atomic E-state index is 6.77. The molecule has 2 atom stereocenters. The van der Waals surface area contributed by atoms with Crippen LogP contribution in [0.25, 0.3) is 44.7 Å². The number of aryl methyl sites for hydroxylation is 1. The molecule has 0 fully saturated rings. The third kappa shape index (κ3) is 6.50. The Bertz CT molecular complexity index is 2130. The molecule has 1 N–H and O–H groups in total. The Kier molecular flexibility index (Phi) is 9.30. The summed E-state index contributed by atoms with van der Waals surface area (Å²) in [6, 6.07) is 29.9. The van der Waals surface area contributed by atoms with Crippen molar-refractivity contribution in [1.29, 1.82) is 0 Å². The van der Waals surface area contributed by atoms with Gasteiger partial charge in [0, 0.05) is 12.5 Å². The molecule has 2 nitrogen and oxygen atoms in total. The molecule has 50 heavy (non-hydrogen) atoms. The van der Waals surface area contributed by atoms with E-state index >= 15 is 0 Å². The molecular formula is C48H49NO. The molecule has 2 aliphatic heterocycles. The van der Waals surface area contributed by atoms with E-state index in [1.54, 1.807) is 11.1 Å².